The number of para-hydroxylation sites is 1. The van der Waals surface area contributed by atoms with Gasteiger partial charge in [0.15, 0.2) is 11.3 Å². The summed E-state index contributed by atoms with van der Waals surface area (Å²) in [5.74, 6) is -0.908. The number of nitrogens with one attached hydrogen (secondary N) is 1. The average Bonchev–Trinajstić information content (AvgIpc) is 3.26. The molecular formula is C21H16ClN3O3. The van der Waals surface area contributed by atoms with Crippen LogP contribution in [-0.2, 0) is 9.53 Å². The van der Waals surface area contributed by atoms with Crippen molar-refractivity contribution in [3.63, 3.8) is 0 Å². The molecule has 1 atom stereocenters. The monoisotopic (exact) mass is 393 g/mol. The Morgan fingerprint density at radius 1 is 1.21 bits per heavy atom. The molecule has 0 unspecified atom stereocenters. The number of fused-ring (bicyclic) bond motifs is 2. The summed E-state index contributed by atoms with van der Waals surface area (Å²) >= 11 is 6.14. The second kappa shape index (κ2) is 7.32. The van der Waals surface area contributed by atoms with Crippen LogP contribution in [0, 0.1) is 0 Å². The van der Waals surface area contributed by atoms with Gasteiger partial charge >= 0.3 is 5.97 Å². The zero-order chi connectivity index (χ0) is 19.7. The van der Waals surface area contributed by atoms with E-state index >= 15 is 0 Å². The second-order valence-electron chi connectivity index (χ2n) is 6.24. The summed E-state index contributed by atoms with van der Waals surface area (Å²) in [6, 6.07) is 13.0. The van der Waals surface area contributed by atoms with Crippen LogP contribution in [0.4, 0.5) is 0 Å². The third-order valence-corrected chi connectivity index (χ3v) is 4.69. The van der Waals surface area contributed by atoms with E-state index in [9.17, 15) is 9.59 Å². The van der Waals surface area contributed by atoms with Gasteiger partial charge in [0.2, 0.25) is 5.78 Å². The number of H-pyrrole nitrogens is 1. The molecule has 3 aromatic heterocycles. The molecule has 28 heavy (non-hydrogen) atoms. The summed E-state index contributed by atoms with van der Waals surface area (Å²) in [4.78, 5) is 32.1. The Morgan fingerprint density at radius 3 is 2.86 bits per heavy atom. The number of nitrogens with zero attached hydrogens (tertiary/aromatic N) is 2. The fourth-order valence-electron chi connectivity index (χ4n) is 3.04. The smallest absolute Gasteiger partial charge is 0.331 e. The summed E-state index contributed by atoms with van der Waals surface area (Å²) in [7, 11) is 0. The van der Waals surface area contributed by atoms with Gasteiger partial charge in [-0.05, 0) is 31.2 Å². The van der Waals surface area contributed by atoms with E-state index in [0.29, 0.717) is 16.9 Å². The predicted molar refractivity (Wildman–Crippen MR) is 107 cm³/mol. The van der Waals surface area contributed by atoms with Crippen LogP contribution in [0.1, 0.15) is 23.0 Å². The van der Waals surface area contributed by atoms with Crippen LogP contribution in [-0.4, -0.2) is 32.2 Å². The number of hydrogen-bond donors (Lipinski definition) is 1. The SMILES string of the molecule is C[C@H](OC(=O)/C=C/c1c(Cl)nc2ccccn12)C(=O)c1c[nH]c2ccccc12. The Bertz CT molecular complexity index is 1220. The van der Waals surface area contributed by atoms with E-state index in [2.05, 4.69) is 9.97 Å². The zero-order valence-electron chi connectivity index (χ0n) is 14.9. The molecule has 0 amide bonds. The Kier molecular flexibility index (Phi) is 4.71. The lowest BCUT2D eigenvalue weighted by Crippen LogP contribution is -2.23. The number of benzene rings is 1. The van der Waals surface area contributed by atoms with Crippen molar-refractivity contribution < 1.29 is 14.3 Å². The summed E-state index contributed by atoms with van der Waals surface area (Å²) in [5, 5.41) is 1.07. The first-order valence-electron chi connectivity index (χ1n) is 8.66. The number of pyridine rings is 1. The predicted octanol–water partition coefficient (Wildman–Crippen LogP) is 4.30. The van der Waals surface area contributed by atoms with Gasteiger partial charge < -0.3 is 9.72 Å². The molecule has 1 N–H and O–H groups in total. The minimum atomic E-state index is -0.922. The molecule has 0 saturated heterocycles. The summed E-state index contributed by atoms with van der Waals surface area (Å²) in [6.07, 6.45) is 5.26. The highest BCUT2D eigenvalue weighted by molar-refractivity contribution is 6.31. The lowest BCUT2D eigenvalue weighted by molar-refractivity contribution is -0.140. The van der Waals surface area contributed by atoms with Crippen LogP contribution in [0.25, 0.3) is 22.6 Å². The molecule has 4 rings (SSSR count). The molecule has 3 heterocycles. The highest BCUT2D eigenvalue weighted by atomic mass is 35.5. The minimum Gasteiger partial charge on any atom is -0.451 e. The number of rotatable bonds is 5. The number of aromatic amines is 1. The minimum absolute atomic E-state index is 0.271. The number of carbonyl (C=O) groups excluding carboxylic acids is 2. The van der Waals surface area contributed by atoms with Crippen LogP contribution < -0.4 is 0 Å². The van der Waals surface area contributed by atoms with Gasteiger partial charge in [-0.15, -0.1) is 0 Å². The number of hydrogen-bond acceptors (Lipinski definition) is 4. The summed E-state index contributed by atoms with van der Waals surface area (Å²) < 4.78 is 7.03. The number of imidazole rings is 1. The van der Waals surface area contributed by atoms with Crippen LogP contribution in [0.3, 0.4) is 0 Å². The first kappa shape index (κ1) is 18.0. The quantitative estimate of drug-likeness (QED) is 0.311. The molecule has 1 aromatic carbocycles. The number of ketones is 1. The highest BCUT2D eigenvalue weighted by Crippen LogP contribution is 2.21. The first-order chi connectivity index (χ1) is 13.5. The van der Waals surface area contributed by atoms with Gasteiger partial charge in [-0.1, -0.05) is 35.9 Å². The number of carbonyl (C=O) groups is 2. The topological polar surface area (TPSA) is 76.5 Å². The Balaban J connectivity index is 1.49. The second-order valence-corrected chi connectivity index (χ2v) is 6.60. The van der Waals surface area contributed by atoms with Crippen molar-refractivity contribution in [3.05, 3.63) is 77.3 Å². The molecule has 0 fully saturated rings. The van der Waals surface area contributed by atoms with Crippen molar-refractivity contribution in [2.45, 2.75) is 13.0 Å². The molecule has 0 aliphatic heterocycles. The van der Waals surface area contributed by atoms with E-state index < -0.39 is 12.1 Å². The van der Waals surface area contributed by atoms with Crippen LogP contribution in [0.5, 0.6) is 0 Å². The number of aromatic nitrogens is 3. The van der Waals surface area contributed by atoms with Gasteiger partial charge in [0.05, 0.1) is 5.69 Å². The largest absolute Gasteiger partial charge is 0.451 e. The van der Waals surface area contributed by atoms with Crippen molar-refractivity contribution in [1.82, 2.24) is 14.4 Å². The molecule has 0 radical (unpaired) electrons. The van der Waals surface area contributed by atoms with Crippen molar-refractivity contribution in [3.8, 4) is 0 Å². The Hall–Kier alpha value is -3.38. The van der Waals surface area contributed by atoms with Gasteiger partial charge in [0.25, 0.3) is 0 Å². The van der Waals surface area contributed by atoms with Gasteiger partial charge in [-0.3, -0.25) is 9.20 Å². The van der Waals surface area contributed by atoms with E-state index in [1.807, 2.05) is 42.5 Å². The van der Waals surface area contributed by atoms with Crippen molar-refractivity contribution >= 4 is 46.0 Å². The maximum Gasteiger partial charge on any atom is 0.331 e. The molecule has 7 heteroatoms. The van der Waals surface area contributed by atoms with Gasteiger partial charge in [0.1, 0.15) is 5.65 Å². The molecule has 0 aliphatic carbocycles. The fourth-order valence-corrected chi connectivity index (χ4v) is 3.28. The van der Waals surface area contributed by atoms with Gasteiger partial charge in [-0.25, -0.2) is 9.78 Å². The fraction of sp³-hybridized carbons (Fsp3) is 0.0952. The first-order valence-corrected chi connectivity index (χ1v) is 9.04. The summed E-state index contributed by atoms with van der Waals surface area (Å²) in [5.41, 5.74) is 2.57. The number of ether oxygens (including phenoxy) is 1. The number of Topliss-reactive ketones (excluding diaryl/α,β-unsaturated/α-hetero) is 1. The molecule has 140 valence electrons. The molecule has 4 aromatic rings. The normalized spacial score (nSPS) is 12.6. The molecular weight excluding hydrogens is 378 g/mol. The third kappa shape index (κ3) is 3.30. The van der Waals surface area contributed by atoms with E-state index in [0.717, 1.165) is 10.9 Å². The van der Waals surface area contributed by atoms with Crippen LogP contribution >= 0.6 is 11.6 Å². The molecule has 0 spiro atoms. The Morgan fingerprint density at radius 2 is 2.00 bits per heavy atom. The van der Waals surface area contributed by atoms with Gasteiger partial charge in [0, 0.05) is 34.9 Å². The maximum atomic E-state index is 12.7. The van der Waals surface area contributed by atoms with Gasteiger partial charge in [-0.2, -0.15) is 0 Å². The van der Waals surface area contributed by atoms with E-state index in [1.165, 1.54) is 12.2 Å². The van der Waals surface area contributed by atoms with E-state index in [-0.39, 0.29) is 10.9 Å². The Labute approximate surface area is 165 Å². The number of esters is 1. The third-order valence-electron chi connectivity index (χ3n) is 4.42. The number of halogens is 1. The van der Waals surface area contributed by atoms with Crippen molar-refractivity contribution in [2.24, 2.45) is 0 Å². The zero-order valence-corrected chi connectivity index (χ0v) is 15.7. The van der Waals surface area contributed by atoms with E-state index in [4.69, 9.17) is 16.3 Å². The molecule has 0 saturated carbocycles. The molecule has 0 bridgehead atoms. The van der Waals surface area contributed by atoms with Crippen LogP contribution in [0.2, 0.25) is 5.15 Å². The lowest BCUT2D eigenvalue weighted by atomic mass is 10.1. The lowest BCUT2D eigenvalue weighted by Gasteiger charge is -2.10. The highest BCUT2D eigenvalue weighted by Gasteiger charge is 2.21. The van der Waals surface area contributed by atoms with Crippen molar-refractivity contribution in [1.29, 1.82) is 0 Å². The van der Waals surface area contributed by atoms with Crippen LogP contribution in [0.15, 0.2) is 60.9 Å². The van der Waals surface area contributed by atoms with Crippen molar-refractivity contribution in [2.75, 3.05) is 0 Å². The molecule has 6 nitrogen and oxygen atoms in total. The van der Waals surface area contributed by atoms with E-state index in [1.54, 1.807) is 23.7 Å². The average molecular weight is 394 g/mol. The standard InChI is InChI=1S/C21H16ClN3O3/c1-13(20(27)15-12-23-16-7-3-2-6-14(15)16)28-19(26)10-9-17-21(22)24-18-8-4-5-11-25(17)18/h2-13,23H,1H3/b10-9+/t13-/m0/s1. The summed E-state index contributed by atoms with van der Waals surface area (Å²) in [6.45, 7) is 1.55. The maximum absolute atomic E-state index is 12.7. The molecule has 0 aliphatic rings.